The van der Waals surface area contributed by atoms with Crippen LogP contribution >= 0.6 is 23.2 Å². The number of nitrogens with zero attached hydrogens (tertiary/aromatic N) is 2. The zero-order valence-electron chi connectivity index (χ0n) is 20.6. The second-order valence-electron chi connectivity index (χ2n) is 8.47. The Balaban J connectivity index is 2.04. The molecule has 0 bridgehead atoms. The Labute approximate surface area is 228 Å². The number of carbonyl (C=O) groups is 2. The van der Waals surface area contributed by atoms with Gasteiger partial charge in [0.1, 0.15) is 12.6 Å². The summed E-state index contributed by atoms with van der Waals surface area (Å²) in [5.41, 5.74) is 1.78. The number of rotatable bonds is 11. The van der Waals surface area contributed by atoms with Gasteiger partial charge in [0.05, 0.1) is 17.0 Å². The lowest BCUT2D eigenvalue weighted by Crippen LogP contribution is -2.53. The molecule has 0 saturated carbocycles. The van der Waals surface area contributed by atoms with Crippen LogP contribution in [0.4, 0.5) is 5.69 Å². The molecule has 37 heavy (non-hydrogen) atoms. The van der Waals surface area contributed by atoms with Gasteiger partial charge in [-0.1, -0.05) is 77.8 Å². The minimum absolute atomic E-state index is 0.0742. The number of carbonyl (C=O) groups excluding carboxylic acids is 2. The molecule has 0 radical (unpaired) electrons. The van der Waals surface area contributed by atoms with E-state index < -0.39 is 28.5 Å². The fraction of sp³-hybridized carbons (Fsp3) is 0.259. The smallest absolute Gasteiger partial charge is 0.244 e. The molecule has 0 fully saturated rings. The summed E-state index contributed by atoms with van der Waals surface area (Å²) in [6.07, 6.45) is 1.26. The minimum atomic E-state index is -3.88. The summed E-state index contributed by atoms with van der Waals surface area (Å²) in [5, 5.41) is 3.54. The van der Waals surface area contributed by atoms with Crippen molar-refractivity contribution in [3.8, 4) is 0 Å². The molecule has 0 unspecified atom stereocenters. The van der Waals surface area contributed by atoms with Gasteiger partial charge in [-0.3, -0.25) is 13.9 Å². The highest BCUT2D eigenvalue weighted by atomic mass is 35.5. The third-order valence-electron chi connectivity index (χ3n) is 5.69. The molecule has 1 N–H and O–H groups in total. The van der Waals surface area contributed by atoms with Crippen LogP contribution in [-0.2, 0) is 32.6 Å². The monoisotopic (exact) mass is 561 g/mol. The van der Waals surface area contributed by atoms with Crippen molar-refractivity contribution in [2.75, 3.05) is 23.7 Å². The zero-order valence-corrected chi connectivity index (χ0v) is 22.9. The number of sulfonamides is 1. The molecule has 1 atom stereocenters. The summed E-state index contributed by atoms with van der Waals surface area (Å²) in [7, 11) is -3.88. The Kier molecular flexibility index (Phi) is 9.97. The minimum Gasteiger partial charge on any atom is -0.355 e. The molecule has 3 aromatic rings. The van der Waals surface area contributed by atoms with Gasteiger partial charge in [0.2, 0.25) is 21.8 Å². The van der Waals surface area contributed by atoms with Crippen LogP contribution in [0.3, 0.4) is 0 Å². The third-order valence-corrected chi connectivity index (χ3v) is 7.39. The van der Waals surface area contributed by atoms with Gasteiger partial charge in [-0.05, 0) is 42.3 Å². The first-order chi connectivity index (χ1) is 17.6. The third kappa shape index (κ3) is 7.95. The van der Waals surface area contributed by atoms with Crippen LogP contribution in [0.15, 0.2) is 78.9 Å². The van der Waals surface area contributed by atoms with Crippen LogP contribution in [0.5, 0.6) is 0 Å². The standard InChI is InChI=1S/C27H29Cl2N3O4S/c1-3-30-27(34)25(17-20-9-5-4-6-10-20)31(18-21-13-15-22(28)16-14-21)26(33)19-32(37(2,35)36)24-12-8-7-11-23(24)29/h4-16,25H,3,17-19H2,1-2H3,(H,30,34)/t25-/m1/s1. The summed E-state index contributed by atoms with van der Waals surface area (Å²) in [6.45, 7) is 1.72. The maximum Gasteiger partial charge on any atom is 0.244 e. The maximum atomic E-state index is 13.9. The topological polar surface area (TPSA) is 86.8 Å². The van der Waals surface area contributed by atoms with Gasteiger partial charge in [-0.25, -0.2) is 8.42 Å². The molecular weight excluding hydrogens is 533 g/mol. The van der Waals surface area contributed by atoms with E-state index >= 15 is 0 Å². The molecule has 0 spiro atoms. The molecule has 0 saturated heterocycles. The van der Waals surface area contributed by atoms with Gasteiger partial charge in [0.15, 0.2) is 0 Å². The van der Waals surface area contributed by atoms with Gasteiger partial charge in [-0.15, -0.1) is 0 Å². The lowest BCUT2D eigenvalue weighted by molar-refractivity contribution is -0.140. The zero-order chi connectivity index (χ0) is 27.0. The van der Waals surface area contributed by atoms with Crippen molar-refractivity contribution in [2.24, 2.45) is 0 Å². The Morgan fingerprint density at radius 3 is 2.11 bits per heavy atom. The van der Waals surface area contributed by atoms with E-state index in [1.54, 1.807) is 49.4 Å². The summed E-state index contributed by atoms with van der Waals surface area (Å²) < 4.78 is 26.4. The van der Waals surface area contributed by atoms with Gasteiger partial charge < -0.3 is 10.2 Å². The van der Waals surface area contributed by atoms with Crippen molar-refractivity contribution in [3.05, 3.63) is 100 Å². The maximum absolute atomic E-state index is 13.9. The van der Waals surface area contributed by atoms with Crippen LogP contribution in [0, 0.1) is 0 Å². The Hall–Kier alpha value is -3.07. The van der Waals surface area contributed by atoms with Crippen molar-refractivity contribution < 1.29 is 18.0 Å². The number of likely N-dealkylation sites (N-methyl/N-ethyl adjacent to an activating group) is 1. The molecule has 0 aliphatic carbocycles. The van der Waals surface area contributed by atoms with Crippen LogP contribution < -0.4 is 9.62 Å². The SMILES string of the molecule is CCNC(=O)[C@@H](Cc1ccccc1)N(Cc1ccc(Cl)cc1)C(=O)CN(c1ccccc1Cl)S(C)(=O)=O. The van der Waals surface area contributed by atoms with Crippen molar-refractivity contribution in [1.29, 1.82) is 0 Å². The first kappa shape index (κ1) is 28.5. The Morgan fingerprint density at radius 1 is 0.892 bits per heavy atom. The van der Waals surface area contributed by atoms with E-state index in [4.69, 9.17) is 23.2 Å². The van der Waals surface area contributed by atoms with Crippen molar-refractivity contribution >= 4 is 50.7 Å². The van der Waals surface area contributed by atoms with Crippen LogP contribution in [0.25, 0.3) is 0 Å². The molecule has 0 aliphatic heterocycles. The number of halogens is 2. The normalized spacial score (nSPS) is 12.0. The number of para-hydroxylation sites is 1. The van der Waals surface area contributed by atoms with Gasteiger partial charge in [-0.2, -0.15) is 0 Å². The number of anilines is 1. The summed E-state index contributed by atoms with van der Waals surface area (Å²) in [5.74, 6) is -0.884. The van der Waals surface area contributed by atoms with Gasteiger partial charge in [0.25, 0.3) is 0 Å². The predicted molar refractivity (Wildman–Crippen MR) is 148 cm³/mol. The van der Waals surface area contributed by atoms with Crippen molar-refractivity contribution in [3.63, 3.8) is 0 Å². The molecule has 3 rings (SSSR count). The lowest BCUT2D eigenvalue weighted by atomic mass is 10.0. The average Bonchev–Trinajstić information content (AvgIpc) is 2.86. The highest BCUT2D eigenvalue weighted by Gasteiger charge is 2.33. The molecule has 0 aromatic heterocycles. The van der Waals surface area contributed by atoms with Crippen LogP contribution in [-0.4, -0.2) is 50.5 Å². The molecule has 3 aromatic carbocycles. The largest absolute Gasteiger partial charge is 0.355 e. The second-order valence-corrected chi connectivity index (χ2v) is 11.2. The summed E-state index contributed by atoms with van der Waals surface area (Å²) in [4.78, 5) is 28.5. The quantitative estimate of drug-likeness (QED) is 0.372. The fourth-order valence-electron chi connectivity index (χ4n) is 3.88. The molecule has 2 amide bonds. The van der Waals surface area contributed by atoms with E-state index in [-0.39, 0.29) is 29.6 Å². The molecule has 7 nitrogen and oxygen atoms in total. The lowest BCUT2D eigenvalue weighted by Gasteiger charge is -2.33. The van der Waals surface area contributed by atoms with Crippen molar-refractivity contribution in [1.82, 2.24) is 10.2 Å². The van der Waals surface area contributed by atoms with E-state index in [0.717, 1.165) is 21.7 Å². The first-order valence-corrected chi connectivity index (χ1v) is 14.3. The molecule has 196 valence electrons. The highest BCUT2D eigenvalue weighted by molar-refractivity contribution is 7.92. The summed E-state index contributed by atoms with van der Waals surface area (Å²) in [6, 6.07) is 21.8. The Bertz CT molecular complexity index is 1320. The predicted octanol–water partition coefficient (Wildman–Crippen LogP) is 4.54. The van der Waals surface area contributed by atoms with E-state index in [9.17, 15) is 18.0 Å². The van der Waals surface area contributed by atoms with E-state index in [0.29, 0.717) is 11.6 Å². The molecule has 0 heterocycles. The number of nitrogens with one attached hydrogen (secondary N) is 1. The average molecular weight is 563 g/mol. The fourth-order valence-corrected chi connectivity index (χ4v) is 5.16. The number of benzene rings is 3. The van der Waals surface area contributed by atoms with Crippen molar-refractivity contribution in [2.45, 2.75) is 25.9 Å². The van der Waals surface area contributed by atoms with E-state index in [2.05, 4.69) is 5.32 Å². The first-order valence-electron chi connectivity index (χ1n) is 11.7. The van der Waals surface area contributed by atoms with Gasteiger partial charge >= 0.3 is 0 Å². The Morgan fingerprint density at radius 2 is 1.51 bits per heavy atom. The number of hydrogen-bond donors (Lipinski definition) is 1. The molecule has 10 heteroatoms. The molecule has 0 aliphatic rings. The van der Waals surface area contributed by atoms with Gasteiger partial charge in [0, 0.05) is 24.5 Å². The highest BCUT2D eigenvalue weighted by Crippen LogP contribution is 2.27. The number of amides is 2. The van der Waals surface area contributed by atoms with Crippen LogP contribution in [0.2, 0.25) is 10.0 Å². The second kappa shape index (κ2) is 12.9. The molecular formula is C27H29Cl2N3O4S. The van der Waals surface area contributed by atoms with E-state index in [1.165, 1.54) is 11.0 Å². The number of hydrogen-bond acceptors (Lipinski definition) is 4. The van der Waals surface area contributed by atoms with Crippen LogP contribution in [0.1, 0.15) is 18.1 Å². The summed E-state index contributed by atoms with van der Waals surface area (Å²) >= 11 is 12.3. The van der Waals surface area contributed by atoms with E-state index in [1.807, 2.05) is 30.3 Å².